The average molecular weight is 446 g/mol. The molecule has 4 rings (SSSR count). The van der Waals surface area contributed by atoms with E-state index in [2.05, 4.69) is 15.3 Å². The van der Waals surface area contributed by atoms with Crippen LogP contribution in [0, 0.1) is 5.82 Å². The van der Waals surface area contributed by atoms with E-state index < -0.39 is 5.82 Å². The maximum atomic E-state index is 13.5. The lowest BCUT2D eigenvalue weighted by atomic mass is 10.0. The van der Waals surface area contributed by atoms with Crippen LogP contribution in [0.4, 0.5) is 15.9 Å². The molecule has 0 radical (unpaired) electrons. The minimum atomic E-state index is -0.465. The van der Waals surface area contributed by atoms with Crippen molar-refractivity contribution in [3.63, 3.8) is 0 Å². The molecule has 3 heterocycles. The maximum absolute atomic E-state index is 13.5. The Balaban J connectivity index is 1.59. The Bertz CT molecular complexity index is 1130. The summed E-state index contributed by atoms with van der Waals surface area (Å²) in [5.41, 5.74) is 1.81. The number of carbonyl (C=O) groups excluding carboxylic acids is 1. The summed E-state index contributed by atoms with van der Waals surface area (Å²) in [5.74, 6) is 0.212. The van der Waals surface area contributed by atoms with Crippen LogP contribution in [0.25, 0.3) is 10.2 Å². The molecule has 0 spiro atoms. The highest BCUT2D eigenvalue weighted by Crippen LogP contribution is 2.38. The van der Waals surface area contributed by atoms with E-state index in [0.717, 1.165) is 33.6 Å². The van der Waals surface area contributed by atoms with Crippen molar-refractivity contribution in [3.8, 4) is 0 Å². The van der Waals surface area contributed by atoms with E-state index >= 15 is 0 Å². The van der Waals surface area contributed by atoms with Crippen molar-refractivity contribution in [2.24, 2.45) is 0 Å². The molecule has 3 aromatic rings. The highest BCUT2D eigenvalue weighted by molar-refractivity contribution is 7.19. The Hall–Kier alpha value is -2.55. The highest BCUT2D eigenvalue weighted by Gasteiger charge is 2.25. The first-order valence-electron chi connectivity index (χ1n) is 9.50. The fraction of sp³-hybridized carbons (Fsp3) is 0.286. The highest BCUT2D eigenvalue weighted by atomic mass is 35.5. The van der Waals surface area contributed by atoms with Crippen LogP contribution in [-0.2, 0) is 17.8 Å². The fourth-order valence-corrected chi connectivity index (χ4v) is 4.77. The van der Waals surface area contributed by atoms with E-state index in [1.165, 1.54) is 18.5 Å². The molecule has 0 unspecified atom stereocenters. The zero-order valence-corrected chi connectivity index (χ0v) is 18.2. The number of amides is 1. The molecule has 156 valence electrons. The van der Waals surface area contributed by atoms with Gasteiger partial charge in [0.15, 0.2) is 0 Å². The van der Waals surface area contributed by atoms with Gasteiger partial charge in [0, 0.05) is 29.7 Å². The summed E-state index contributed by atoms with van der Waals surface area (Å²) in [6, 6.07) is 4.47. The summed E-state index contributed by atoms with van der Waals surface area (Å²) >= 11 is 7.48. The Labute approximate surface area is 183 Å². The first-order valence-corrected chi connectivity index (χ1v) is 10.7. The molecule has 1 amide bonds. The van der Waals surface area contributed by atoms with Crippen molar-refractivity contribution in [1.29, 1.82) is 0 Å². The van der Waals surface area contributed by atoms with Crippen molar-refractivity contribution in [2.45, 2.75) is 13.0 Å². The lowest BCUT2D eigenvalue weighted by Crippen LogP contribution is -2.34. The van der Waals surface area contributed by atoms with Crippen LogP contribution in [-0.4, -0.2) is 52.9 Å². The van der Waals surface area contributed by atoms with Crippen molar-refractivity contribution in [1.82, 2.24) is 19.8 Å². The Morgan fingerprint density at radius 1 is 1.40 bits per heavy atom. The lowest BCUT2D eigenvalue weighted by Gasteiger charge is -2.26. The first kappa shape index (κ1) is 20.7. The number of thiophene rings is 1. The van der Waals surface area contributed by atoms with E-state index in [0.29, 0.717) is 24.6 Å². The summed E-state index contributed by atoms with van der Waals surface area (Å²) in [5, 5.41) is 4.23. The number of aromatic nitrogens is 2. The van der Waals surface area contributed by atoms with Crippen LogP contribution in [0.15, 0.2) is 36.7 Å². The second kappa shape index (κ2) is 8.67. The van der Waals surface area contributed by atoms with Gasteiger partial charge in [-0.2, -0.15) is 0 Å². The van der Waals surface area contributed by atoms with Gasteiger partial charge in [-0.05, 0) is 44.3 Å². The molecule has 0 saturated carbocycles. The SMILES string of the molecule is CN(C)C/C=C/C(=O)N1CCc2c(sc3ncnc(Nc4ccc(F)c(Cl)c4)c23)C1. The van der Waals surface area contributed by atoms with Gasteiger partial charge in [0.25, 0.3) is 0 Å². The van der Waals surface area contributed by atoms with Gasteiger partial charge in [0.05, 0.1) is 17.0 Å². The number of nitrogens with zero attached hydrogens (tertiary/aromatic N) is 4. The molecule has 1 N–H and O–H groups in total. The quantitative estimate of drug-likeness (QED) is 0.595. The number of fused-ring (bicyclic) bond motifs is 3. The predicted octanol–water partition coefficient (Wildman–Crippen LogP) is 4.23. The van der Waals surface area contributed by atoms with E-state index in [1.807, 2.05) is 30.0 Å². The fourth-order valence-electron chi connectivity index (χ4n) is 3.39. The van der Waals surface area contributed by atoms with Crippen LogP contribution in [0.2, 0.25) is 5.02 Å². The number of hydrogen-bond donors (Lipinski definition) is 1. The minimum absolute atomic E-state index is 0.0188. The average Bonchev–Trinajstić information content (AvgIpc) is 3.09. The van der Waals surface area contributed by atoms with Crippen molar-refractivity contribution >= 4 is 50.6 Å². The van der Waals surface area contributed by atoms with Gasteiger partial charge in [0.1, 0.15) is 22.8 Å². The molecule has 0 aliphatic carbocycles. The molecule has 0 atom stereocenters. The summed E-state index contributed by atoms with van der Waals surface area (Å²) in [6.07, 6.45) is 5.76. The van der Waals surface area contributed by atoms with Crippen LogP contribution in [0.5, 0.6) is 0 Å². The van der Waals surface area contributed by atoms with Gasteiger partial charge < -0.3 is 15.1 Å². The molecule has 2 aromatic heterocycles. The van der Waals surface area contributed by atoms with Gasteiger partial charge in [-0.25, -0.2) is 14.4 Å². The monoisotopic (exact) mass is 445 g/mol. The normalized spacial score (nSPS) is 14.0. The number of nitrogens with one attached hydrogen (secondary N) is 1. The van der Waals surface area contributed by atoms with Crippen molar-refractivity contribution in [3.05, 3.63) is 58.0 Å². The Morgan fingerprint density at radius 3 is 3.00 bits per heavy atom. The smallest absolute Gasteiger partial charge is 0.246 e. The zero-order chi connectivity index (χ0) is 21.3. The van der Waals surface area contributed by atoms with Gasteiger partial charge in [-0.1, -0.05) is 17.7 Å². The van der Waals surface area contributed by atoms with Gasteiger partial charge in [0.2, 0.25) is 5.91 Å². The van der Waals surface area contributed by atoms with Crippen LogP contribution in [0.3, 0.4) is 0 Å². The second-order valence-corrected chi connectivity index (χ2v) is 8.83. The third-order valence-electron chi connectivity index (χ3n) is 4.86. The number of likely N-dealkylation sites (N-methyl/N-ethyl adjacent to an activating group) is 1. The lowest BCUT2D eigenvalue weighted by molar-refractivity contribution is -0.126. The number of halogens is 2. The first-order chi connectivity index (χ1) is 14.4. The van der Waals surface area contributed by atoms with Gasteiger partial charge in [-0.3, -0.25) is 4.79 Å². The minimum Gasteiger partial charge on any atom is -0.340 e. The molecule has 1 aliphatic heterocycles. The van der Waals surface area contributed by atoms with Crippen LogP contribution >= 0.6 is 22.9 Å². The molecule has 30 heavy (non-hydrogen) atoms. The van der Waals surface area contributed by atoms with E-state index in [-0.39, 0.29) is 10.9 Å². The third-order valence-corrected chi connectivity index (χ3v) is 6.28. The number of rotatable bonds is 5. The Morgan fingerprint density at radius 2 is 2.23 bits per heavy atom. The Kier molecular flexibility index (Phi) is 5.99. The number of carbonyl (C=O) groups is 1. The molecule has 1 aliphatic rings. The van der Waals surface area contributed by atoms with Crippen molar-refractivity contribution in [2.75, 3.05) is 32.5 Å². The standard InChI is InChI=1S/C21H21ClFN5OS/c1-27(2)8-3-4-18(29)28-9-7-14-17(11-28)30-21-19(14)20(24-12-25-21)26-13-5-6-16(23)15(22)10-13/h3-6,10,12H,7-9,11H2,1-2H3,(H,24,25,26)/b4-3+. The van der Waals surface area contributed by atoms with Gasteiger partial charge in [-0.15, -0.1) is 11.3 Å². The summed E-state index contributed by atoms with van der Waals surface area (Å²) in [7, 11) is 3.93. The maximum Gasteiger partial charge on any atom is 0.246 e. The predicted molar refractivity (Wildman–Crippen MR) is 119 cm³/mol. The molecule has 0 fully saturated rings. The van der Waals surface area contributed by atoms with E-state index in [1.54, 1.807) is 23.5 Å². The van der Waals surface area contributed by atoms with E-state index in [4.69, 9.17) is 11.6 Å². The van der Waals surface area contributed by atoms with E-state index in [9.17, 15) is 9.18 Å². The zero-order valence-electron chi connectivity index (χ0n) is 16.7. The topological polar surface area (TPSA) is 61.4 Å². The molecule has 6 nitrogen and oxygen atoms in total. The van der Waals surface area contributed by atoms with Crippen LogP contribution in [0.1, 0.15) is 10.4 Å². The van der Waals surface area contributed by atoms with Crippen LogP contribution < -0.4 is 5.32 Å². The molecule has 9 heteroatoms. The molecular formula is C21H21ClFN5OS. The molecular weight excluding hydrogens is 425 g/mol. The molecule has 0 saturated heterocycles. The third kappa shape index (κ3) is 4.30. The van der Waals surface area contributed by atoms with Crippen molar-refractivity contribution < 1.29 is 9.18 Å². The molecule has 1 aromatic carbocycles. The molecule has 0 bridgehead atoms. The summed E-state index contributed by atoms with van der Waals surface area (Å²) in [6.45, 7) is 1.93. The summed E-state index contributed by atoms with van der Waals surface area (Å²) in [4.78, 5) is 27.2. The van der Waals surface area contributed by atoms with Gasteiger partial charge >= 0.3 is 0 Å². The number of hydrogen-bond acceptors (Lipinski definition) is 6. The second-order valence-electron chi connectivity index (χ2n) is 7.33. The number of anilines is 2. The largest absolute Gasteiger partial charge is 0.340 e. The summed E-state index contributed by atoms with van der Waals surface area (Å²) < 4.78 is 13.5. The number of benzene rings is 1.